The van der Waals surface area contributed by atoms with Crippen LogP contribution in [0.3, 0.4) is 0 Å². The summed E-state index contributed by atoms with van der Waals surface area (Å²) in [5, 5.41) is 4.63. The van der Waals surface area contributed by atoms with E-state index >= 15 is 0 Å². The summed E-state index contributed by atoms with van der Waals surface area (Å²) in [7, 11) is 3.57. The van der Waals surface area contributed by atoms with E-state index in [-0.39, 0.29) is 0 Å². The van der Waals surface area contributed by atoms with Gasteiger partial charge < -0.3 is 0 Å². The second-order valence-electron chi connectivity index (χ2n) is 8.84. The lowest BCUT2D eigenvalue weighted by molar-refractivity contribution is 0.519. The van der Waals surface area contributed by atoms with Crippen molar-refractivity contribution in [2.45, 2.75) is 90.1 Å². The van der Waals surface area contributed by atoms with Crippen molar-refractivity contribution >= 4 is 56.8 Å². The highest BCUT2D eigenvalue weighted by Crippen LogP contribution is 2.32. The Balaban J connectivity index is 1.29. The Morgan fingerprint density at radius 1 is 0.781 bits per heavy atom. The van der Waals surface area contributed by atoms with Crippen molar-refractivity contribution in [1.29, 1.82) is 0 Å². The second-order valence-corrected chi connectivity index (χ2v) is 12.6. The molecule has 2 atom stereocenters. The molecule has 0 spiro atoms. The first-order chi connectivity index (χ1) is 15.7. The van der Waals surface area contributed by atoms with E-state index in [9.17, 15) is 0 Å². The SMILES string of the molecule is CCc1cc(C=C2CCCCC2NSSNC2CCCCC2=Cc2csc(CC)c2)cs1. The maximum absolute atomic E-state index is 3.76. The Labute approximate surface area is 210 Å². The van der Waals surface area contributed by atoms with Gasteiger partial charge in [0.1, 0.15) is 0 Å². The number of hydrogen-bond acceptors (Lipinski definition) is 6. The fourth-order valence-electron chi connectivity index (χ4n) is 4.60. The van der Waals surface area contributed by atoms with Crippen molar-refractivity contribution in [3.05, 3.63) is 54.9 Å². The molecular weight excluding hydrogens is 469 g/mol. The van der Waals surface area contributed by atoms with Gasteiger partial charge in [0.25, 0.3) is 0 Å². The van der Waals surface area contributed by atoms with E-state index in [1.165, 1.54) is 72.2 Å². The Morgan fingerprint density at radius 3 is 1.66 bits per heavy atom. The number of rotatable bonds is 9. The lowest BCUT2D eigenvalue weighted by Gasteiger charge is -2.28. The summed E-state index contributed by atoms with van der Waals surface area (Å²) < 4.78 is 7.52. The van der Waals surface area contributed by atoms with Gasteiger partial charge in [0, 0.05) is 43.8 Å². The third-order valence-corrected chi connectivity index (χ3v) is 10.4. The van der Waals surface area contributed by atoms with E-state index in [4.69, 9.17) is 0 Å². The Morgan fingerprint density at radius 2 is 1.25 bits per heavy atom. The van der Waals surface area contributed by atoms with Crippen molar-refractivity contribution in [2.75, 3.05) is 0 Å². The maximum Gasteiger partial charge on any atom is 0.0392 e. The van der Waals surface area contributed by atoms with Crippen LogP contribution in [0.25, 0.3) is 12.2 Å². The summed E-state index contributed by atoms with van der Waals surface area (Å²) in [6.45, 7) is 4.48. The van der Waals surface area contributed by atoms with E-state index in [2.05, 4.69) is 58.3 Å². The van der Waals surface area contributed by atoms with Gasteiger partial charge in [0.05, 0.1) is 0 Å². The largest absolute Gasteiger partial charge is 0.246 e. The van der Waals surface area contributed by atoms with Crippen LogP contribution < -0.4 is 9.44 Å². The zero-order valence-corrected chi connectivity index (χ0v) is 22.6. The third-order valence-electron chi connectivity index (χ3n) is 6.48. The second kappa shape index (κ2) is 12.8. The molecule has 6 heteroatoms. The fraction of sp³-hybridized carbons (Fsp3) is 0.538. The molecule has 174 valence electrons. The Hall–Kier alpha value is -0.500. The molecule has 2 fully saturated rings. The normalized spacial score (nSPS) is 24.4. The molecule has 0 bridgehead atoms. The average molecular weight is 505 g/mol. The standard InChI is InChI=1S/C26H36N2S4/c1-3-23-15-19(17-29-23)13-21-9-5-7-11-25(21)27-31-32-28-26-12-8-6-10-22(26)14-20-16-24(4-2)30-18-20/h13-18,25-28H,3-12H2,1-2H3. The zero-order valence-electron chi connectivity index (χ0n) is 19.3. The molecule has 32 heavy (non-hydrogen) atoms. The summed E-state index contributed by atoms with van der Waals surface area (Å²) in [5.41, 5.74) is 5.94. The molecule has 2 aliphatic carbocycles. The summed E-state index contributed by atoms with van der Waals surface area (Å²) in [6.07, 6.45) is 17.4. The molecule has 4 rings (SSSR count). The molecule has 0 amide bonds. The highest BCUT2D eigenvalue weighted by Gasteiger charge is 2.21. The Kier molecular flexibility index (Phi) is 9.86. The van der Waals surface area contributed by atoms with Crippen molar-refractivity contribution in [3.63, 3.8) is 0 Å². The highest BCUT2D eigenvalue weighted by atomic mass is 33.1. The zero-order chi connectivity index (χ0) is 22.2. The molecule has 0 aliphatic heterocycles. The summed E-state index contributed by atoms with van der Waals surface area (Å²) in [4.78, 5) is 2.96. The monoisotopic (exact) mass is 504 g/mol. The molecule has 0 radical (unpaired) electrons. The molecule has 2 N–H and O–H groups in total. The number of aryl methyl sites for hydroxylation is 2. The minimum atomic E-state index is 0.493. The molecule has 2 aliphatic rings. The van der Waals surface area contributed by atoms with Crippen molar-refractivity contribution in [1.82, 2.24) is 9.44 Å². The number of nitrogens with one attached hydrogen (secondary N) is 2. The maximum atomic E-state index is 3.76. The summed E-state index contributed by atoms with van der Waals surface area (Å²) in [6, 6.07) is 5.71. The van der Waals surface area contributed by atoms with Crippen LogP contribution in [-0.4, -0.2) is 12.1 Å². The molecule has 2 heterocycles. The molecule has 2 aromatic heterocycles. The van der Waals surface area contributed by atoms with Crippen LogP contribution in [0.1, 0.15) is 86.1 Å². The average Bonchev–Trinajstić information content (AvgIpc) is 3.48. The molecule has 2 unspecified atom stereocenters. The minimum Gasteiger partial charge on any atom is -0.246 e. The van der Waals surface area contributed by atoms with Gasteiger partial charge >= 0.3 is 0 Å². The van der Waals surface area contributed by atoms with Crippen LogP contribution in [-0.2, 0) is 12.8 Å². The lowest BCUT2D eigenvalue weighted by Crippen LogP contribution is -2.30. The molecule has 2 saturated carbocycles. The first kappa shape index (κ1) is 24.6. The van der Waals surface area contributed by atoms with Crippen LogP contribution in [0.5, 0.6) is 0 Å². The van der Waals surface area contributed by atoms with Crippen LogP contribution in [0.15, 0.2) is 34.0 Å². The van der Waals surface area contributed by atoms with Gasteiger partial charge in [0.15, 0.2) is 0 Å². The summed E-state index contributed by atoms with van der Waals surface area (Å²) in [5.74, 6) is 0. The predicted molar refractivity (Wildman–Crippen MR) is 149 cm³/mol. The minimum absolute atomic E-state index is 0.493. The van der Waals surface area contributed by atoms with E-state index in [1.807, 2.05) is 22.7 Å². The van der Waals surface area contributed by atoms with E-state index in [0.717, 1.165) is 12.8 Å². The predicted octanol–water partition coefficient (Wildman–Crippen LogP) is 8.68. The van der Waals surface area contributed by atoms with Gasteiger partial charge in [-0.05, 0) is 85.4 Å². The molecular formula is C26H36N2S4. The molecule has 0 saturated heterocycles. The molecule has 0 aromatic carbocycles. The van der Waals surface area contributed by atoms with E-state index in [0.29, 0.717) is 12.1 Å². The topological polar surface area (TPSA) is 24.1 Å². The van der Waals surface area contributed by atoms with Crippen LogP contribution in [0.2, 0.25) is 0 Å². The third kappa shape index (κ3) is 7.00. The summed E-state index contributed by atoms with van der Waals surface area (Å²) >= 11 is 3.78. The first-order valence-electron chi connectivity index (χ1n) is 12.1. The lowest BCUT2D eigenvalue weighted by atomic mass is 9.89. The van der Waals surface area contributed by atoms with Gasteiger partial charge in [-0.2, -0.15) is 0 Å². The van der Waals surface area contributed by atoms with Gasteiger partial charge in [-0.15, -0.1) is 22.7 Å². The van der Waals surface area contributed by atoms with Crippen molar-refractivity contribution in [2.24, 2.45) is 0 Å². The first-order valence-corrected chi connectivity index (χ1v) is 16.1. The number of hydrogen-bond donors (Lipinski definition) is 2. The molecule has 2 nitrogen and oxygen atoms in total. The van der Waals surface area contributed by atoms with Gasteiger partial charge in [-0.3, -0.25) is 0 Å². The van der Waals surface area contributed by atoms with Crippen LogP contribution in [0, 0.1) is 0 Å². The quantitative estimate of drug-likeness (QED) is 0.203. The Bertz CT molecular complexity index is 836. The van der Waals surface area contributed by atoms with Gasteiger partial charge in [0.2, 0.25) is 0 Å². The van der Waals surface area contributed by atoms with Crippen LogP contribution >= 0.6 is 44.6 Å². The van der Waals surface area contributed by atoms with E-state index < -0.39 is 0 Å². The van der Waals surface area contributed by atoms with Gasteiger partial charge in [-0.25, -0.2) is 9.44 Å². The van der Waals surface area contributed by atoms with E-state index in [1.54, 1.807) is 33.1 Å². The van der Waals surface area contributed by atoms with Crippen molar-refractivity contribution < 1.29 is 0 Å². The van der Waals surface area contributed by atoms with Crippen molar-refractivity contribution in [3.8, 4) is 0 Å². The smallest absolute Gasteiger partial charge is 0.0392 e. The number of thiophene rings is 2. The molecule has 2 aromatic rings. The highest BCUT2D eigenvalue weighted by molar-refractivity contribution is 8.75. The van der Waals surface area contributed by atoms with Crippen LogP contribution in [0.4, 0.5) is 0 Å². The van der Waals surface area contributed by atoms with Gasteiger partial charge in [-0.1, -0.05) is 50.0 Å². The fourth-order valence-corrected chi connectivity index (χ4v) is 8.04.